The largest absolute Gasteiger partial charge is 0.492 e. The number of benzene rings is 1. The van der Waals surface area contributed by atoms with Crippen LogP contribution in [-0.4, -0.2) is 41.4 Å². The Labute approximate surface area is 148 Å². The van der Waals surface area contributed by atoms with Crippen molar-refractivity contribution < 1.29 is 5.11 Å². The van der Waals surface area contributed by atoms with Gasteiger partial charge in [-0.25, -0.2) is 4.98 Å². The molecule has 0 aliphatic rings. The lowest BCUT2D eigenvalue weighted by Gasteiger charge is -2.26. The van der Waals surface area contributed by atoms with Crippen molar-refractivity contribution in [2.75, 3.05) is 7.05 Å². The molecule has 0 saturated carbocycles. The minimum Gasteiger partial charge on any atom is -0.492 e. The summed E-state index contributed by atoms with van der Waals surface area (Å²) in [6, 6.07) is 10.1. The fourth-order valence-corrected chi connectivity index (χ4v) is 4.14. The molecule has 1 atom stereocenters. The Bertz CT molecular complexity index is 989. The highest BCUT2D eigenvalue weighted by Crippen LogP contribution is 2.39. The zero-order valence-electron chi connectivity index (χ0n) is 13.9. The summed E-state index contributed by atoms with van der Waals surface area (Å²) in [5.41, 5.74) is 2.22. The normalized spacial score (nSPS) is 12.9. The van der Waals surface area contributed by atoms with E-state index in [1.807, 2.05) is 44.7 Å². The third-order valence-corrected chi connectivity index (χ3v) is 5.23. The molecule has 3 aromatic heterocycles. The Balaban J connectivity index is 1.76. The maximum Gasteiger partial charge on any atom is 0.230 e. The highest BCUT2D eigenvalue weighted by atomic mass is 32.1. The van der Waals surface area contributed by atoms with Crippen LogP contribution in [0.1, 0.15) is 22.0 Å². The van der Waals surface area contributed by atoms with Crippen LogP contribution in [0.3, 0.4) is 0 Å². The van der Waals surface area contributed by atoms with E-state index in [4.69, 9.17) is 0 Å². The summed E-state index contributed by atoms with van der Waals surface area (Å²) in [7, 11) is 3.93. The molecule has 4 aromatic rings. The molecule has 0 spiro atoms. The Morgan fingerprint density at radius 1 is 1.24 bits per heavy atom. The van der Waals surface area contributed by atoms with E-state index in [0.717, 1.165) is 17.0 Å². The molecule has 0 fully saturated rings. The predicted octanol–water partition coefficient (Wildman–Crippen LogP) is 2.45. The molecule has 0 amide bonds. The van der Waals surface area contributed by atoms with Crippen LogP contribution in [0.25, 0.3) is 4.96 Å². The van der Waals surface area contributed by atoms with E-state index < -0.39 is 0 Å². The lowest BCUT2D eigenvalue weighted by Crippen LogP contribution is -2.24. The van der Waals surface area contributed by atoms with Gasteiger partial charge in [0.2, 0.25) is 10.8 Å². The van der Waals surface area contributed by atoms with Crippen LogP contribution < -0.4 is 0 Å². The van der Waals surface area contributed by atoms with Crippen molar-refractivity contribution in [1.29, 1.82) is 0 Å². The van der Waals surface area contributed by atoms with Crippen molar-refractivity contribution in [3.63, 3.8) is 0 Å². The summed E-state index contributed by atoms with van der Waals surface area (Å²) in [6.45, 7) is 0.744. The zero-order chi connectivity index (χ0) is 17.4. The smallest absolute Gasteiger partial charge is 0.230 e. The van der Waals surface area contributed by atoms with E-state index in [9.17, 15) is 5.11 Å². The van der Waals surface area contributed by atoms with Crippen LogP contribution in [0.5, 0.6) is 5.88 Å². The van der Waals surface area contributed by atoms with Crippen molar-refractivity contribution in [2.45, 2.75) is 12.6 Å². The van der Waals surface area contributed by atoms with Crippen LogP contribution in [0.15, 0.2) is 49.1 Å². The number of aryl methyl sites for hydroxylation is 1. The molecule has 8 heteroatoms. The molecule has 0 bridgehead atoms. The number of rotatable bonds is 5. The van der Waals surface area contributed by atoms with Gasteiger partial charge in [-0.1, -0.05) is 41.7 Å². The summed E-state index contributed by atoms with van der Waals surface area (Å²) in [5, 5.41) is 19.0. The first-order chi connectivity index (χ1) is 12.1. The third kappa shape index (κ3) is 2.90. The molecule has 0 saturated heterocycles. The topological polar surface area (TPSA) is 71.5 Å². The Morgan fingerprint density at radius 3 is 2.72 bits per heavy atom. The molecule has 4 rings (SSSR count). The number of nitrogens with zero attached hydrogens (tertiary/aromatic N) is 6. The fourth-order valence-electron chi connectivity index (χ4n) is 3.02. The van der Waals surface area contributed by atoms with Crippen LogP contribution >= 0.6 is 11.3 Å². The molecule has 1 unspecified atom stereocenters. The molecule has 0 radical (unpaired) electrons. The van der Waals surface area contributed by atoms with E-state index in [0.29, 0.717) is 4.96 Å². The van der Waals surface area contributed by atoms with E-state index in [1.165, 1.54) is 27.7 Å². The monoisotopic (exact) mass is 354 g/mol. The Morgan fingerprint density at radius 2 is 2.04 bits per heavy atom. The molecule has 128 valence electrons. The number of hydrogen-bond acceptors (Lipinski definition) is 6. The molecule has 1 N–H and O–H groups in total. The van der Waals surface area contributed by atoms with Gasteiger partial charge in [-0.15, -0.1) is 0 Å². The average molecular weight is 354 g/mol. The van der Waals surface area contributed by atoms with Gasteiger partial charge in [0, 0.05) is 25.4 Å². The van der Waals surface area contributed by atoms with Crippen molar-refractivity contribution in [3.8, 4) is 5.88 Å². The summed E-state index contributed by atoms with van der Waals surface area (Å²) in [6.07, 6.45) is 5.26. The average Bonchev–Trinajstić information content (AvgIpc) is 3.29. The first-order valence-corrected chi connectivity index (χ1v) is 8.69. The second kappa shape index (κ2) is 6.30. The van der Waals surface area contributed by atoms with E-state index in [-0.39, 0.29) is 11.9 Å². The highest BCUT2D eigenvalue weighted by Gasteiger charge is 2.28. The maximum atomic E-state index is 10.6. The predicted molar refractivity (Wildman–Crippen MR) is 95.5 cm³/mol. The summed E-state index contributed by atoms with van der Waals surface area (Å²) in [5.74, 6) is 0.131. The minimum atomic E-state index is -0.137. The van der Waals surface area contributed by atoms with Gasteiger partial charge in [-0.3, -0.25) is 9.58 Å². The molecule has 3 heterocycles. The number of hydrogen-bond donors (Lipinski definition) is 1. The van der Waals surface area contributed by atoms with Gasteiger partial charge < -0.3 is 5.11 Å². The van der Waals surface area contributed by atoms with Gasteiger partial charge >= 0.3 is 0 Å². The van der Waals surface area contributed by atoms with Crippen molar-refractivity contribution in [3.05, 3.63) is 65.1 Å². The maximum absolute atomic E-state index is 10.6. The van der Waals surface area contributed by atoms with E-state index in [1.54, 1.807) is 4.68 Å². The standard InChI is InChI=1S/C17H18N6OS/c1-21(9-12-6-4-3-5-7-12)14(13-8-19-22(2)10-13)15-16(24)23-17(25-15)18-11-20-23/h3-8,10-11,14,24H,9H2,1-2H3. The lowest BCUT2D eigenvalue weighted by molar-refractivity contribution is 0.267. The highest BCUT2D eigenvalue weighted by molar-refractivity contribution is 7.17. The van der Waals surface area contributed by atoms with Gasteiger partial charge in [0.1, 0.15) is 6.33 Å². The quantitative estimate of drug-likeness (QED) is 0.596. The molecular weight excluding hydrogens is 336 g/mol. The second-order valence-corrected chi connectivity index (χ2v) is 7.00. The van der Waals surface area contributed by atoms with Crippen LogP contribution in [0, 0.1) is 0 Å². The van der Waals surface area contributed by atoms with Gasteiger partial charge in [0.25, 0.3) is 0 Å². The number of aromatic nitrogens is 5. The summed E-state index contributed by atoms with van der Waals surface area (Å²) < 4.78 is 3.24. The number of fused-ring (bicyclic) bond motifs is 1. The SMILES string of the molecule is CN(Cc1ccccc1)C(c1cnn(C)c1)c1sc2ncnn2c1O. The van der Waals surface area contributed by atoms with Crippen molar-refractivity contribution in [2.24, 2.45) is 7.05 Å². The van der Waals surface area contributed by atoms with Gasteiger partial charge in [-0.2, -0.15) is 14.7 Å². The number of thiazole rings is 1. The minimum absolute atomic E-state index is 0.131. The zero-order valence-corrected chi connectivity index (χ0v) is 14.8. The van der Waals surface area contributed by atoms with E-state index in [2.05, 4.69) is 32.2 Å². The van der Waals surface area contributed by atoms with Gasteiger partial charge in [-0.05, 0) is 12.6 Å². The second-order valence-electron chi connectivity index (χ2n) is 5.99. The van der Waals surface area contributed by atoms with Crippen LogP contribution in [0.4, 0.5) is 0 Å². The summed E-state index contributed by atoms with van der Waals surface area (Å²) in [4.78, 5) is 7.87. The molecule has 25 heavy (non-hydrogen) atoms. The third-order valence-electron chi connectivity index (χ3n) is 4.14. The van der Waals surface area contributed by atoms with E-state index >= 15 is 0 Å². The molecular formula is C17H18N6OS. The molecule has 7 nitrogen and oxygen atoms in total. The number of aromatic hydroxyl groups is 1. The van der Waals surface area contributed by atoms with Crippen molar-refractivity contribution >= 4 is 16.3 Å². The Hall–Kier alpha value is -2.71. The first kappa shape index (κ1) is 15.8. The molecule has 0 aliphatic heterocycles. The fraction of sp³-hybridized carbons (Fsp3) is 0.235. The molecule has 0 aliphatic carbocycles. The first-order valence-electron chi connectivity index (χ1n) is 7.87. The summed E-state index contributed by atoms with van der Waals surface area (Å²) >= 11 is 1.44. The van der Waals surface area contributed by atoms with Crippen LogP contribution in [-0.2, 0) is 13.6 Å². The lowest BCUT2D eigenvalue weighted by atomic mass is 10.1. The van der Waals surface area contributed by atoms with Gasteiger partial charge in [0.15, 0.2) is 0 Å². The molecule has 1 aromatic carbocycles. The van der Waals surface area contributed by atoms with Crippen LogP contribution in [0.2, 0.25) is 0 Å². The van der Waals surface area contributed by atoms with Crippen molar-refractivity contribution in [1.82, 2.24) is 29.3 Å². The van der Waals surface area contributed by atoms with Gasteiger partial charge in [0.05, 0.1) is 17.1 Å². The Kier molecular flexibility index (Phi) is 3.98.